The lowest BCUT2D eigenvalue weighted by atomic mass is 10.4. The first-order chi connectivity index (χ1) is 4.39. The fraction of sp³-hybridized carbons (Fsp3) is 0.714. The van der Waals surface area contributed by atoms with Crippen LogP contribution in [0.15, 0.2) is 13.2 Å². The maximum atomic E-state index is 5.06. The zero-order chi connectivity index (χ0) is 7.11. The van der Waals surface area contributed by atoms with Crippen LogP contribution in [0.1, 0.15) is 13.3 Å². The molecule has 2 nitrogen and oxygen atoms in total. The highest BCUT2D eigenvalue weighted by Crippen LogP contribution is 2.01. The number of hydrogen-bond acceptors (Lipinski definition) is 2. The Morgan fingerprint density at radius 1 is 1.22 bits per heavy atom. The Balaban J connectivity index is 0.000000291. The normalized spacial score (nSPS) is 20.1. The third kappa shape index (κ3) is 4.18. The molecule has 0 amide bonds. The molecule has 0 aliphatic carbocycles. The molecule has 0 aromatic carbocycles. The lowest BCUT2D eigenvalue weighted by Gasteiger charge is -2.18. The molecule has 1 fully saturated rings. The van der Waals surface area contributed by atoms with Gasteiger partial charge in [-0.3, -0.25) is 0 Å². The zero-order valence-corrected chi connectivity index (χ0v) is 5.93. The fourth-order valence-electron chi connectivity index (χ4n) is 0.606. The van der Waals surface area contributed by atoms with E-state index in [0.717, 1.165) is 19.6 Å². The van der Waals surface area contributed by atoms with Crippen LogP contribution < -0.4 is 0 Å². The molecule has 2 heteroatoms. The Labute approximate surface area is 56.5 Å². The highest BCUT2D eigenvalue weighted by Gasteiger charge is 2.05. The SMILES string of the molecule is C=C.CC1OCCCO1. The largest absolute Gasteiger partial charge is 0.353 e. The molecule has 0 unspecified atom stereocenters. The first kappa shape index (κ1) is 8.66. The van der Waals surface area contributed by atoms with Gasteiger partial charge in [0.05, 0.1) is 13.2 Å². The average molecular weight is 130 g/mol. The molecule has 0 atom stereocenters. The molecule has 1 aliphatic heterocycles. The van der Waals surface area contributed by atoms with Gasteiger partial charge in [0.25, 0.3) is 0 Å². The average Bonchev–Trinajstić information content (AvgIpc) is 1.94. The zero-order valence-electron chi connectivity index (χ0n) is 5.93. The molecule has 1 aliphatic rings. The predicted molar refractivity (Wildman–Crippen MR) is 37.2 cm³/mol. The van der Waals surface area contributed by atoms with E-state index in [1.807, 2.05) is 6.92 Å². The topological polar surface area (TPSA) is 18.5 Å². The second-order valence-corrected chi connectivity index (χ2v) is 1.66. The third-order valence-electron chi connectivity index (χ3n) is 0.994. The van der Waals surface area contributed by atoms with Crippen molar-refractivity contribution in [3.8, 4) is 0 Å². The van der Waals surface area contributed by atoms with Crippen molar-refractivity contribution in [1.29, 1.82) is 0 Å². The van der Waals surface area contributed by atoms with Gasteiger partial charge in [0, 0.05) is 0 Å². The molecule has 0 radical (unpaired) electrons. The van der Waals surface area contributed by atoms with E-state index >= 15 is 0 Å². The standard InChI is InChI=1S/C5H10O2.C2H4/c1-5-6-3-2-4-7-5;1-2/h5H,2-4H2,1H3;1-2H2. The first-order valence-corrected chi connectivity index (χ1v) is 3.13. The maximum absolute atomic E-state index is 5.06. The highest BCUT2D eigenvalue weighted by molar-refractivity contribution is 4.42. The van der Waals surface area contributed by atoms with E-state index in [2.05, 4.69) is 13.2 Å². The lowest BCUT2D eigenvalue weighted by Crippen LogP contribution is -2.21. The molecule has 0 aromatic rings. The summed E-state index contributed by atoms with van der Waals surface area (Å²) in [6, 6.07) is 0. The van der Waals surface area contributed by atoms with Gasteiger partial charge >= 0.3 is 0 Å². The molecule has 0 aromatic heterocycles. The van der Waals surface area contributed by atoms with E-state index in [9.17, 15) is 0 Å². The van der Waals surface area contributed by atoms with Crippen molar-refractivity contribution in [3.05, 3.63) is 13.2 Å². The molecule has 1 heterocycles. The van der Waals surface area contributed by atoms with Crippen LogP contribution in [0, 0.1) is 0 Å². The van der Waals surface area contributed by atoms with E-state index in [1.165, 1.54) is 0 Å². The number of ether oxygens (including phenoxy) is 2. The predicted octanol–water partition coefficient (Wildman–Crippen LogP) is 1.57. The Bertz CT molecular complexity index is 57.9. The smallest absolute Gasteiger partial charge is 0.154 e. The molecule has 54 valence electrons. The van der Waals surface area contributed by atoms with Crippen LogP contribution in [0.4, 0.5) is 0 Å². The first-order valence-electron chi connectivity index (χ1n) is 3.13. The second kappa shape index (κ2) is 5.79. The summed E-state index contributed by atoms with van der Waals surface area (Å²) in [7, 11) is 0. The van der Waals surface area contributed by atoms with E-state index in [-0.39, 0.29) is 6.29 Å². The summed E-state index contributed by atoms with van der Waals surface area (Å²) >= 11 is 0. The molecule has 1 saturated heterocycles. The maximum Gasteiger partial charge on any atom is 0.154 e. The van der Waals surface area contributed by atoms with Gasteiger partial charge in [-0.25, -0.2) is 0 Å². The van der Waals surface area contributed by atoms with E-state index in [4.69, 9.17) is 9.47 Å². The summed E-state index contributed by atoms with van der Waals surface area (Å²) < 4.78 is 10.1. The van der Waals surface area contributed by atoms with Crippen molar-refractivity contribution >= 4 is 0 Å². The second-order valence-electron chi connectivity index (χ2n) is 1.66. The molecule has 1 rings (SSSR count). The summed E-state index contributed by atoms with van der Waals surface area (Å²) in [5.41, 5.74) is 0. The van der Waals surface area contributed by atoms with Gasteiger partial charge in [0.2, 0.25) is 0 Å². The van der Waals surface area contributed by atoms with Crippen molar-refractivity contribution in [2.24, 2.45) is 0 Å². The van der Waals surface area contributed by atoms with Crippen molar-refractivity contribution < 1.29 is 9.47 Å². The van der Waals surface area contributed by atoms with Gasteiger partial charge in [-0.15, -0.1) is 13.2 Å². The minimum atomic E-state index is 0.0359. The minimum absolute atomic E-state index is 0.0359. The summed E-state index contributed by atoms with van der Waals surface area (Å²) in [4.78, 5) is 0. The molecular formula is C7H14O2. The van der Waals surface area contributed by atoms with E-state index < -0.39 is 0 Å². The molecule has 9 heavy (non-hydrogen) atoms. The minimum Gasteiger partial charge on any atom is -0.353 e. The van der Waals surface area contributed by atoms with Crippen molar-refractivity contribution in [1.82, 2.24) is 0 Å². The van der Waals surface area contributed by atoms with Crippen LogP contribution in [-0.2, 0) is 9.47 Å². The van der Waals surface area contributed by atoms with Crippen LogP contribution in [0.25, 0.3) is 0 Å². The molecule has 0 spiro atoms. The summed E-state index contributed by atoms with van der Waals surface area (Å²) in [6.45, 7) is 9.64. The van der Waals surface area contributed by atoms with Crippen molar-refractivity contribution in [2.45, 2.75) is 19.6 Å². The van der Waals surface area contributed by atoms with Crippen LogP contribution in [0.5, 0.6) is 0 Å². The fourth-order valence-corrected chi connectivity index (χ4v) is 0.606. The van der Waals surface area contributed by atoms with Gasteiger partial charge in [-0.1, -0.05) is 0 Å². The van der Waals surface area contributed by atoms with Crippen LogP contribution >= 0.6 is 0 Å². The van der Waals surface area contributed by atoms with Gasteiger partial charge in [0.1, 0.15) is 0 Å². The number of rotatable bonds is 0. The van der Waals surface area contributed by atoms with Gasteiger partial charge in [0.15, 0.2) is 6.29 Å². The molecule has 0 saturated carbocycles. The van der Waals surface area contributed by atoms with Crippen LogP contribution in [-0.4, -0.2) is 19.5 Å². The van der Waals surface area contributed by atoms with Crippen LogP contribution in [0.2, 0.25) is 0 Å². The molecule has 0 bridgehead atoms. The molecular weight excluding hydrogens is 116 g/mol. The third-order valence-corrected chi connectivity index (χ3v) is 0.994. The van der Waals surface area contributed by atoms with E-state index in [0.29, 0.717) is 0 Å². The Hall–Kier alpha value is -0.340. The van der Waals surface area contributed by atoms with Gasteiger partial charge in [-0.2, -0.15) is 0 Å². The van der Waals surface area contributed by atoms with Crippen LogP contribution in [0.3, 0.4) is 0 Å². The monoisotopic (exact) mass is 130 g/mol. The Morgan fingerprint density at radius 3 is 1.89 bits per heavy atom. The quantitative estimate of drug-likeness (QED) is 0.463. The van der Waals surface area contributed by atoms with Gasteiger partial charge < -0.3 is 9.47 Å². The molecule has 0 N–H and O–H groups in total. The lowest BCUT2D eigenvalue weighted by molar-refractivity contribution is -0.167. The summed E-state index contributed by atoms with van der Waals surface area (Å²) in [5, 5.41) is 0. The summed E-state index contributed by atoms with van der Waals surface area (Å²) in [5.74, 6) is 0. The highest BCUT2D eigenvalue weighted by atomic mass is 16.7. The number of hydrogen-bond donors (Lipinski definition) is 0. The van der Waals surface area contributed by atoms with Gasteiger partial charge in [-0.05, 0) is 13.3 Å². The summed E-state index contributed by atoms with van der Waals surface area (Å²) in [6.07, 6.45) is 1.08. The van der Waals surface area contributed by atoms with Crippen molar-refractivity contribution in [2.75, 3.05) is 13.2 Å². The van der Waals surface area contributed by atoms with E-state index in [1.54, 1.807) is 0 Å². The Morgan fingerprint density at radius 2 is 1.67 bits per heavy atom. The van der Waals surface area contributed by atoms with Crippen molar-refractivity contribution in [3.63, 3.8) is 0 Å². The Kier molecular flexibility index (Phi) is 5.57.